The molecule has 3 aromatic heterocycles. The van der Waals surface area contributed by atoms with Gasteiger partial charge in [-0.3, -0.25) is 14.7 Å². The number of hydrogen-bond donors (Lipinski definition) is 0. The molecule has 0 bridgehead atoms. The minimum absolute atomic E-state index is 0.0677. The SMILES string of the molecule is COc1cccc2sc(N(Cc3cccnc3)C(=O)c3cccs3)nc12. The lowest BCUT2D eigenvalue weighted by molar-refractivity contribution is 0.0989. The van der Waals surface area contributed by atoms with Crippen molar-refractivity contribution in [2.24, 2.45) is 0 Å². The van der Waals surface area contributed by atoms with Gasteiger partial charge in [-0.15, -0.1) is 11.3 Å². The lowest BCUT2D eigenvalue weighted by Gasteiger charge is -2.19. The number of hydrogen-bond acceptors (Lipinski definition) is 6. The number of rotatable bonds is 5. The zero-order valence-corrected chi connectivity index (χ0v) is 15.6. The maximum atomic E-state index is 13.1. The van der Waals surface area contributed by atoms with Crippen molar-refractivity contribution < 1.29 is 9.53 Å². The molecule has 0 N–H and O–H groups in total. The Morgan fingerprint density at radius 2 is 2.12 bits per heavy atom. The summed E-state index contributed by atoms with van der Waals surface area (Å²) in [6.45, 7) is 0.409. The van der Waals surface area contributed by atoms with Gasteiger partial charge < -0.3 is 4.74 Å². The number of anilines is 1. The van der Waals surface area contributed by atoms with E-state index in [-0.39, 0.29) is 5.91 Å². The van der Waals surface area contributed by atoms with Gasteiger partial charge in [-0.25, -0.2) is 4.98 Å². The Bertz CT molecular complexity index is 1030. The van der Waals surface area contributed by atoms with Gasteiger partial charge in [0.25, 0.3) is 5.91 Å². The van der Waals surface area contributed by atoms with Crippen molar-refractivity contribution in [2.45, 2.75) is 6.54 Å². The summed E-state index contributed by atoms with van der Waals surface area (Å²) in [5.74, 6) is 0.636. The largest absolute Gasteiger partial charge is 0.494 e. The fourth-order valence-corrected chi connectivity index (χ4v) is 4.28. The zero-order chi connectivity index (χ0) is 17.9. The molecule has 0 saturated heterocycles. The molecular weight excluding hydrogens is 366 g/mol. The van der Waals surface area contributed by atoms with Crippen LogP contribution in [0.25, 0.3) is 10.2 Å². The molecular formula is C19H15N3O2S2. The number of para-hydroxylation sites is 1. The summed E-state index contributed by atoms with van der Waals surface area (Å²) in [5, 5.41) is 2.54. The number of fused-ring (bicyclic) bond motifs is 1. The van der Waals surface area contributed by atoms with Crippen molar-refractivity contribution in [3.63, 3.8) is 0 Å². The molecule has 5 nitrogen and oxygen atoms in total. The van der Waals surface area contributed by atoms with Crippen molar-refractivity contribution in [3.8, 4) is 5.75 Å². The number of thiophene rings is 1. The van der Waals surface area contributed by atoms with Crippen molar-refractivity contribution in [3.05, 3.63) is 70.7 Å². The van der Waals surface area contributed by atoms with Crippen molar-refractivity contribution in [1.82, 2.24) is 9.97 Å². The van der Waals surface area contributed by atoms with Gasteiger partial charge in [-0.2, -0.15) is 0 Å². The molecule has 130 valence electrons. The Labute approximate surface area is 158 Å². The number of thiazole rings is 1. The van der Waals surface area contributed by atoms with Crippen LogP contribution in [0, 0.1) is 0 Å². The van der Waals surface area contributed by atoms with Gasteiger partial charge in [0.15, 0.2) is 5.13 Å². The summed E-state index contributed by atoms with van der Waals surface area (Å²) in [5.41, 5.74) is 1.72. The molecule has 4 rings (SSSR count). The second-order valence-electron chi connectivity index (χ2n) is 5.53. The Morgan fingerprint density at radius 1 is 1.19 bits per heavy atom. The number of nitrogens with zero attached hydrogens (tertiary/aromatic N) is 3. The van der Waals surface area contributed by atoms with Crippen LogP contribution in [0.1, 0.15) is 15.2 Å². The van der Waals surface area contributed by atoms with Crippen LogP contribution in [0.2, 0.25) is 0 Å². The molecule has 0 aliphatic heterocycles. The minimum atomic E-state index is -0.0677. The molecule has 4 aromatic rings. The van der Waals surface area contributed by atoms with Gasteiger partial charge >= 0.3 is 0 Å². The fourth-order valence-electron chi connectivity index (χ4n) is 2.63. The highest BCUT2D eigenvalue weighted by atomic mass is 32.1. The summed E-state index contributed by atoms with van der Waals surface area (Å²) in [7, 11) is 1.62. The lowest BCUT2D eigenvalue weighted by atomic mass is 10.2. The average molecular weight is 381 g/mol. The van der Waals surface area contributed by atoms with E-state index in [9.17, 15) is 4.79 Å². The maximum absolute atomic E-state index is 13.1. The van der Waals surface area contributed by atoms with Crippen LogP contribution in [0.5, 0.6) is 5.75 Å². The summed E-state index contributed by atoms with van der Waals surface area (Å²) in [6, 6.07) is 13.3. The normalized spacial score (nSPS) is 10.8. The molecule has 0 atom stereocenters. The van der Waals surface area contributed by atoms with E-state index in [1.54, 1.807) is 24.4 Å². The van der Waals surface area contributed by atoms with E-state index < -0.39 is 0 Å². The number of pyridine rings is 1. The first-order valence-electron chi connectivity index (χ1n) is 7.94. The van der Waals surface area contributed by atoms with Crippen LogP contribution in [0.15, 0.2) is 60.2 Å². The first-order chi connectivity index (χ1) is 12.8. The molecule has 1 aromatic carbocycles. The number of amides is 1. The predicted octanol–water partition coefficient (Wildman–Crippen LogP) is 4.61. The Hall–Kier alpha value is -2.77. The molecule has 0 saturated carbocycles. The summed E-state index contributed by atoms with van der Waals surface area (Å²) < 4.78 is 6.39. The lowest BCUT2D eigenvalue weighted by Crippen LogP contribution is -2.29. The summed E-state index contributed by atoms with van der Waals surface area (Å²) in [6.07, 6.45) is 3.49. The molecule has 0 spiro atoms. The summed E-state index contributed by atoms with van der Waals surface area (Å²) in [4.78, 5) is 24.3. The van der Waals surface area contributed by atoms with Crippen LogP contribution in [0.3, 0.4) is 0 Å². The third kappa shape index (κ3) is 3.18. The van der Waals surface area contributed by atoms with Gasteiger partial charge in [0.1, 0.15) is 11.3 Å². The highest BCUT2D eigenvalue weighted by Crippen LogP contribution is 2.35. The molecule has 1 amide bonds. The van der Waals surface area contributed by atoms with E-state index in [4.69, 9.17) is 9.72 Å². The van der Waals surface area contributed by atoms with Crippen LogP contribution in [-0.4, -0.2) is 23.0 Å². The Balaban J connectivity index is 1.78. The number of carbonyl (C=O) groups excluding carboxylic acids is 1. The second kappa shape index (κ2) is 7.23. The highest BCUT2D eigenvalue weighted by molar-refractivity contribution is 7.22. The molecule has 0 aliphatic carbocycles. The van der Waals surface area contributed by atoms with E-state index in [1.807, 2.05) is 47.8 Å². The van der Waals surface area contributed by atoms with E-state index in [2.05, 4.69) is 4.98 Å². The second-order valence-corrected chi connectivity index (χ2v) is 7.49. The van der Waals surface area contributed by atoms with Gasteiger partial charge in [0.2, 0.25) is 0 Å². The van der Waals surface area contributed by atoms with E-state index in [0.29, 0.717) is 22.3 Å². The molecule has 3 heterocycles. The van der Waals surface area contributed by atoms with Gasteiger partial charge in [0.05, 0.1) is 23.2 Å². The Morgan fingerprint density at radius 3 is 2.85 bits per heavy atom. The quantitative estimate of drug-likeness (QED) is 0.507. The topological polar surface area (TPSA) is 55.3 Å². The van der Waals surface area contributed by atoms with Gasteiger partial charge in [-0.1, -0.05) is 29.5 Å². The van der Waals surface area contributed by atoms with Gasteiger partial charge in [-0.05, 0) is 35.2 Å². The molecule has 26 heavy (non-hydrogen) atoms. The van der Waals surface area contributed by atoms with E-state index >= 15 is 0 Å². The summed E-state index contributed by atoms with van der Waals surface area (Å²) >= 11 is 2.90. The molecule has 0 fully saturated rings. The van der Waals surface area contributed by atoms with Crippen LogP contribution in [0.4, 0.5) is 5.13 Å². The zero-order valence-electron chi connectivity index (χ0n) is 14.0. The van der Waals surface area contributed by atoms with Crippen LogP contribution >= 0.6 is 22.7 Å². The first-order valence-corrected chi connectivity index (χ1v) is 9.63. The third-order valence-electron chi connectivity index (χ3n) is 3.86. The Kier molecular flexibility index (Phi) is 4.64. The smallest absolute Gasteiger partial charge is 0.270 e. The number of carbonyl (C=O) groups is 1. The molecule has 7 heteroatoms. The predicted molar refractivity (Wildman–Crippen MR) is 105 cm³/mol. The van der Waals surface area contributed by atoms with E-state index in [1.165, 1.54) is 22.7 Å². The monoisotopic (exact) mass is 381 g/mol. The highest BCUT2D eigenvalue weighted by Gasteiger charge is 2.23. The average Bonchev–Trinajstić information content (AvgIpc) is 3.35. The maximum Gasteiger partial charge on any atom is 0.270 e. The van der Waals surface area contributed by atoms with Crippen LogP contribution in [-0.2, 0) is 6.54 Å². The van der Waals surface area contributed by atoms with Crippen LogP contribution < -0.4 is 9.64 Å². The third-order valence-corrected chi connectivity index (χ3v) is 5.76. The first kappa shape index (κ1) is 16.7. The van der Waals surface area contributed by atoms with Crippen molar-refractivity contribution in [1.29, 1.82) is 0 Å². The molecule has 0 aliphatic rings. The van der Waals surface area contributed by atoms with Crippen molar-refractivity contribution in [2.75, 3.05) is 12.0 Å². The number of aromatic nitrogens is 2. The van der Waals surface area contributed by atoms with Crippen molar-refractivity contribution >= 4 is 43.9 Å². The number of ether oxygens (including phenoxy) is 1. The number of benzene rings is 1. The van der Waals surface area contributed by atoms with Gasteiger partial charge in [0, 0.05) is 12.4 Å². The standard InChI is InChI=1S/C19H15N3O2S2/c1-24-14-6-2-7-15-17(14)21-19(26-15)22(12-13-5-3-9-20-11-13)18(23)16-8-4-10-25-16/h2-11H,12H2,1H3. The fraction of sp³-hybridized carbons (Fsp3) is 0.105. The minimum Gasteiger partial charge on any atom is -0.494 e. The number of methoxy groups -OCH3 is 1. The molecule has 0 unspecified atom stereocenters. The van der Waals surface area contributed by atoms with E-state index in [0.717, 1.165) is 15.8 Å². The molecule has 0 radical (unpaired) electrons.